The molecule has 0 saturated carbocycles. The Bertz CT molecular complexity index is 1290. The first-order valence-corrected chi connectivity index (χ1v) is 12.9. The van der Waals surface area contributed by atoms with E-state index in [0.717, 1.165) is 5.56 Å². The van der Waals surface area contributed by atoms with E-state index in [9.17, 15) is 23.2 Å². The number of hydrogen-bond donors (Lipinski definition) is 3. The van der Waals surface area contributed by atoms with Crippen molar-refractivity contribution < 1.29 is 27.9 Å². The molecule has 2 aromatic carbocycles. The molecule has 0 amide bonds. The van der Waals surface area contributed by atoms with E-state index in [1.807, 2.05) is 6.92 Å². The third-order valence-electron chi connectivity index (χ3n) is 5.87. The molecule has 0 aliphatic carbocycles. The summed E-state index contributed by atoms with van der Waals surface area (Å²) in [5, 5.41) is 22.4. The molecule has 0 aliphatic rings. The van der Waals surface area contributed by atoms with Crippen molar-refractivity contribution in [3.8, 4) is 0 Å². The highest BCUT2D eigenvalue weighted by atomic mass is 35.5. The lowest BCUT2D eigenvalue weighted by Gasteiger charge is -2.36. The van der Waals surface area contributed by atoms with Crippen LogP contribution in [0, 0.1) is 20.8 Å². The smallest absolute Gasteiger partial charge is 0.205 e. The van der Waals surface area contributed by atoms with Gasteiger partial charge in [-0.15, -0.1) is 0 Å². The molecule has 1 heterocycles. The van der Waals surface area contributed by atoms with Gasteiger partial charge >= 0.3 is 0 Å². The van der Waals surface area contributed by atoms with E-state index >= 15 is 0 Å². The Morgan fingerprint density at radius 2 is 1.63 bits per heavy atom. The Labute approximate surface area is 216 Å². The molecule has 3 rings (SSSR count). The Kier molecular flexibility index (Phi) is 9.33. The summed E-state index contributed by atoms with van der Waals surface area (Å²) in [4.78, 5) is -0.0851. The first-order valence-electron chi connectivity index (χ1n) is 10.7. The Balaban J connectivity index is 0.000000283. The maximum Gasteiger partial charge on any atom is 0.205 e. The van der Waals surface area contributed by atoms with Gasteiger partial charge in [0.1, 0.15) is 15.7 Å². The van der Waals surface area contributed by atoms with Crippen LogP contribution >= 0.6 is 23.2 Å². The molecule has 4 N–H and O–H groups in total. The van der Waals surface area contributed by atoms with Gasteiger partial charge in [0.2, 0.25) is 6.20 Å². The predicted molar refractivity (Wildman–Crippen MR) is 136 cm³/mol. The maximum absolute atomic E-state index is 11.2. The molecule has 0 saturated heterocycles. The molecule has 3 atom stereocenters. The van der Waals surface area contributed by atoms with Gasteiger partial charge in [-0.1, -0.05) is 58.6 Å². The van der Waals surface area contributed by atoms with Gasteiger partial charge in [-0.3, -0.25) is 0 Å². The zero-order chi connectivity index (χ0) is 26.7. The van der Waals surface area contributed by atoms with Crippen molar-refractivity contribution in [3.05, 3.63) is 92.7 Å². The lowest BCUT2D eigenvalue weighted by atomic mass is 9.75. The monoisotopic (exact) mass is 540 g/mol. The number of nitrogen functional groups attached to an aromatic ring is 1. The zero-order valence-corrected chi connectivity index (χ0v) is 22.5. The standard InChI is InChI=1S/C16H19Cl2N2O2.C9H12O3S/c1-10(14-6-5-13(17)8-15(14)18)16(22,11(2)21)12-4-3-7-20(19)9-12;1-6-4-7(2)9(8(3)5-6)13(10,11)12/h3-11,21-22H,19H2,1-2H3;4-5H,1-3H3,(H,10,11,12)/q+1;/p-1. The second kappa shape index (κ2) is 11.2. The fourth-order valence-electron chi connectivity index (χ4n) is 4.23. The molecule has 7 nitrogen and oxygen atoms in total. The molecule has 0 radical (unpaired) electrons. The number of aliphatic hydroxyl groups is 2. The number of hydrogen-bond acceptors (Lipinski definition) is 6. The lowest BCUT2D eigenvalue weighted by molar-refractivity contribution is -0.639. The minimum absolute atomic E-state index is 0.0851. The molecule has 1 aromatic heterocycles. The van der Waals surface area contributed by atoms with Crippen molar-refractivity contribution in [2.45, 2.75) is 57.1 Å². The molecule has 0 aliphatic heterocycles. The van der Waals surface area contributed by atoms with E-state index in [-0.39, 0.29) is 4.90 Å². The van der Waals surface area contributed by atoms with Crippen LogP contribution in [0.1, 0.15) is 47.6 Å². The average molecular weight is 541 g/mol. The van der Waals surface area contributed by atoms with Crippen molar-refractivity contribution in [2.24, 2.45) is 0 Å². The minimum Gasteiger partial charge on any atom is -0.744 e. The summed E-state index contributed by atoms with van der Waals surface area (Å²) < 4.78 is 33.8. The number of benzene rings is 2. The van der Waals surface area contributed by atoms with Crippen LogP contribution in [0.3, 0.4) is 0 Å². The number of rotatable bonds is 5. The van der Waals surface area contributed by atoms with E-state index in [4.69, 9.17) is 29.0 Å². The highest BCUT2D eigenvalue weighted by Crippen LogP contribution is 2.42. The van der Waals surface area contributed by atoms with Gasteiger partial charge in [0, 0.05) is 22.0 Å². The zero-order valence-electron chi connectivity index (χ0n) is 20.2. The third kappa shape index (κ3) is 6.73. The van der Waals surface area contributed by atoms with Crippen LogP contribution in [0.25, 0.3) is 0 Å². The van der Waals surface area contributed by atoms with Gasteiger partial charge in [0.25, 0.3) is 0 Å². The number of halogens is 2. The first kappa shape index (κ1) is 29.0. The number of nitrogens with zero attached hydrogens (tertiary/aromatic N) is 1. The second-order valence-electron chi connectivity index (χ2n) is 8.61. The molecule has 35 heavy (non-hydrogen) atoms. The summed E-state index contributed by atoms with van der Waals surface area (Å²) in [6.45, 7) is 8.46. The fraction of sp³-hybridized carbons (Fsp3) is 0.320. The van der Waals surface area contributed by atoms with Crippen molar-refractivity contribution >= 4 is 33.3 Å². The summed E-state index contributed by atoms with van der Waals surface area (Å²) in [5.74, 6) is 5.25. The molecular formula is C25H30Cl2N2O5S. The van der Waals surface area contributed by atoms with Crippen molar-refractivity contribution in [2.75, 3.05) is 5.84 Å². The molecule has 190 valence electrons. The Hall–Kier alpha value is -2.20. The van der Waals surface area contributed by atoms with Crippen LogP contribution in [0.4, 0.5) is 0 Å². The van der Waals surface area contributed by atoms with Crippen molar-refractivity contribution in [1.29, 1.82) is 0 Å². The van der Waals surface area contributed by atoms with Gasteiger partial charge in [-0.2, -0.15) is 0 Å². The van der Waals surface area contributed by atoms with Crippen LogP contribution in [-0.2, 0) is 15.7 Å². The number of aryl methyl sites for hydroxylation is 3. The molecular weight excluding hydrogens is 511 g/mol. The fourth-order valence-corrected chi connectivity index (χ4v) is 5.71. The second-order valence-corrected chi connectivity index (χ2v) is 10.8. The Morgan fingerprint density at radius 3 is 2.09 bits per heavy atom. The van der Waals surface area contributed by atoms with Crippen molar-refractivity contribution in [1.82, 2.24) is 0 Å². The molecule has 0 fully saturated rings. The average Bonchev–Trinajstić information content (AvgIpc) is 2.71. The summed E-state index contributed by atoms with van der Waals surface area (Å²) in [6.07, 6.45) is 2.19. The van der Waals surface area contributed by atoms with Crippen LogP contribution in [0.15, 0.2) is 59.8 Å². The highest BCUT2D eigenvalue weighted by Gasteiger charge is 2.43. The largest absolute Gasteiger partial charge is 0.744 e. The van der Waals surface area contributed by atoms with E-state index in [1.54, 1.807) is 75.6 Å². The summed E-state index contributed by atoms with van der Waals surface area (Å²) >= 11 is 12.2. The van der Waals surface area contributed by atoms with Gasteiger partial charge < -0.3 is 14.8 Å². The van der Waals surface area contributed by atoms with Gasteiger partial charge in [0.05, 0.1) is 16.6 Å². The predicted octanol–water partition coefficient (Wildman–Crippen LogP) is 3.88. The van der Waals surface area contributed by atoms with Crippen LogP contribution in [-0.4, -0.2) is 29.3 Å². The normalized spacial score (nSPS) is 14.9. The van der Waals surface area contributed by atoms with Crippen LogP contribution in [0.2, 0.25) is 10.0 Å². The Morgan fingerprint density at radius 1 is 1.06 bits per heavy atom. The summed E-state index contributed by atoms with van der Waals surface area (Å²) in [7, 11) is -4.33. The maximum atomic E-state index is 11.2. The van der Waals surface area contributed by atoms with Crippen molar-refractivity contribution in [3.63, 3.8) is 0 Å². The number of aliphatic hydroxyl groups excluding tert-OH is 1. The summed E-state index contributed by atoms with van der Waals surface area (Å²) in [6, 6.07) is 11.9. The van der Waals surface area contributed by atoms with E-state index < -0.39 is 27.7 Å². The van der Waals surface area contributed by atoms with Gasteiger partial charge in [-0.25, -0.2) is 14.3 Å². The highest BCUT2D eigenvalue weighted by molar-refractivity contribution is 7.85. The summed E-state index contributed by atoms with van der Waals surface area (Å²) in [5.41, 5.74) is 1.66. The van der Waals surface area contributed by atoms with Crippen LogP contribution in [0.5, 0.6) is 0 Å². The topological polar surface area (TPSA) is 128 Å². The molecule has 3 aromatic rings. The van der Waals surface area contributed by atoms with E-state index in [2.05, 4.69) is 0 Å². The molecule has 3 unspecified atom stereocenters. The number of nitrogens with two attached hydrogens (primary N) is 1. The number of pyridine rings is 1. The molecule has 0 spiro atoms. The lowest BCUT2D eigenvalue weighted by Crippen LogP contribution is -2.48. The first-order chi connectivity index (χ1) is 16.1. The number of aromatic nitrogens is 1. The van der Waals surface area contributed by atoms with Gasteiger partial charge in [-0.05, 0) is 62.6 Å². The van der Waals surface area contributed by atoms with Gasteiger partial charge in [0.15, 0.2) is 6.20 Å². The molecule has 10 heteroatoms. The quantitative estimate of drug-likeness (QED) is 0.256. The third-order valence-corrected chi connectivity index (χ3v) is 7.57. The van der Waals surface area contributed by atoms with E-state index in [0.29, 0.717) is 32.3 Å². The molecule has 0 bridgehead atoms. The van der Waals surface area contributed by atoms with E-state index in [1.165, 1.54) is 11.6 Å². The minimum atomic E-state index is -4.33. The van der Waals surface area contributed by atoms with Crippen LogP contribution < -0.4 is 10.5 Å². The SMILES string of the molecule is CC(O)C(O)(c1ccc[n+](N)c1)C(C)c1ccc(Cl)cc1Cl.Cc1cc(C)c(S(=O)(=O)[O-])c(C)c1.